The van der Waals surface area contributed by atoms with Crippen molar-refractivity contribution in [1.29, 1.82) is 0 Å². The third-order valence-corrected chi connectivity index (χ3v) is 11.6. The van der Waals surface area contributed by atoms with Crippen molar-refractivity contribution in [2.24, 2.45) is 0 Å². The molecule has 11 rings (SSSR count). The van der Waals surface area contributed by atoms with E-state index < -0.39 is 0 Å². The van der Waals surface area contributed by atoms with Crippen molar-refractivity contribution in [3.63, 3.8) is 0 Å². The van der Waals surface area contributed by atoms with Crippen LogP contribution in [0.3, 0.4) is 0 Å². The number of fused-ring (bicyclic) bond motifs is 9. The Morgan fingerprint density at radius 3 is 1.78 bits per heavy atom. The zero-order chi connectivity index (χ0) is 33.5. The number of thiophene rings is 1. The van der Waals surface area contributed by atoms with Gasteiger partial charge in [-0.1, -0.05) is 121 Å². The van der Waals surface area contributed by atoms with Gasteiger partial charge in [-0.3, -0.25) is 16.0 Å². The molecule has 244 valence electrons. The summed E-state index contributed by atoms with van der Waals surface area (Å²) in [7, 11) is 0. The summed E-state index contributed by atoms with van der Waals surface area (Å²) in [4.78, 5) is 0. The van der Waals surface area contributed by atoms with E-state index in [-0.39, 0.29) is 18.5 Å². The van der Waals surface area contributed by atoms with Gasteiger partial charge in [-0.25, -0.2) is 0 Å². The highest BCUT2D eigenvalue weighted by molar-refractivity contribution is 7.26. The van der Waals surface area contributed by atoms with Crippen LogP contribution in [0, 0.1) is 0 Å². The Bertz CT molecular complexity index is 2940. The molecule has 0 aliphatic carbocycles. The number of benzene rings is 7. The third kappa shape index (κ3) is 4.65. The van der Waals surface area contributed by atoms with Gasteiger partial charge >= 0.3 is 0 Å². The van der Waals surface area contributed by atoms with Crippen LogP contribution in [0.5, 0.6) is 0 Å². The second kappa shape index (κ2) is 11.4. The molecule has 10 aromatic rings. The normalized spacial score (nSPS) is 18.2. The average Bonchev–Trinajstić information content (AvgIpc) is 3.88. The molecule has 4 heterocycles. The molecule has 0 bridgehead atoms. The molecule has 1 saturated heterocycles. The first-order valence-corrected chi connectivity index (χ1v) is 18.2. The molecule has 7 aromatic carbocycles. The van der Waals surface area contributed by atoms with Gasteiger partial charge in [0.2, 0.25) is 0 Å². The fraction of sp³-hybridized carbons (Fsp3) is 0.0667. The maximum Gasteiger partial charge on any atom is 0.136 e. The van der Waals surface area contributed by atoms with Crippen LogP contribution in [0.2, 0.25) is 0 Å². The molecule has 0 saturated carbocycles. The molecular weight excluding hydrogens is 647 g/mol. The fourth-order valence-electron chi connectivity index (χ4n) is 7.99. The third-order valence-electron chi connectivity index (χ3n) is 10.4. The first-order chi connectivity index (χ1) is 25.2. The van der Waals surface area contributed by atoms with E-state index in [0.717, 1.165) is 55.0 Å². The number of rotatable bonds is 4. The Hall–Kier alpha value is -5.76. The predicted molar refractivity (Wildman–Crippen MR) is 210 cm³/mol. The van der Waals surface area contributed by atoms with Crippen molar-refractivity contribution in [1.82, 2.24) is 16.0 Å². The molecular formula is C45H31N3O2S. The number of hydrogen-bond donors (Lipinski definition) is 3. The van der Waals surface area contributed by atoms with Gasteiger partial charge < -0.3 is 8.83 Å². The molecule has 1 aliphatic rings. The second-order valence-electron chi connectivity index (χ2n) is 13.4. The van der Waals surface area contributed by atoms with Gasteiger partial charge in [0.25, 0.3) is 0 Å². The highest BCUT2D eigenvalue weighted by Gasteiger charge is 2.30. The molecule has 0 spiro atoms. The van der Waals surface area contributed by atoms with E-state index in [0.29, 0.717) is 0 Å². The summed E-state index contributed by atoms with van der Waals surface area (Å²) in [6.07, 6.45) is -0.385. The van der Waals surface area contributed by atoms with E-state index >= 15 is 0 Å². The molecule has 0 amide bonds. The number of nitrogens with one attached hydrogen (secondary N) is 3. The van der Waals surface area contributed by atoms with Crippen LogP contribution in [0.25, 0.3) is 75.2 Å². The van der Waals surface area contributed by atoms with Crippen molar-refractivity contribution in [2.75, 3.05) is 0 Å². The first kappa shape index (κ1) is 29.0. The molecule has 3 aromatic heterocycles. The highest BCUT2D eigenvalue weighted by atomic mass is 32.1. The fourth-order valence-corrected chi connectivity index (χ4v) is 9.23. The van der Waals surface area contributed by atoms with Gasteiger partial charge in [0, 0.05) is 47.3 Å². The molecule has 0 radical (unpaired) electrons. The number of hydrogen-bond acceptors (Lipinski definition) is 6. The van der Waals surface area contributed by atoms with E-state index in [1.807, 2.05) is 23.5 Å². The quantitative estimate of drug-likeness (QED) is 0.173. The van der Waals surface area contributed by atoms with Crippen LogP contribution in [0.15, 0.2) is 160 Å². The lowest BCUT2D eigenvalue weighted by Gasteiger charge is -2.39. The summed E-state index contributed by atoms with van der Waals surface area (Å²) < 4.78 is 15.5. The minimum absolute atomic E-state index is 0.0893. The van der Waals surface area contributed by atoms with Crippen molar-refractivity contribution >= 4 is 75.4 Å². The lowest BCUT2D eigenvalue weighted by Crippen LogP contribution is -2.54. The average molecular weight is 678 g/mol. The molecule has 3 unspecified atom stereocenters. The predicted octanol–water partition coefficient (Wildman–Crippen LogP) is 11.7. The Balaban J connectivity index is 1.01. The molecule has 1 aliphatic heterocycles. The largest absolute Gasteiger partial charge is 0.456 e. The summed E-state index contributed by atoms with van der Waals surface area (Å²) in [5.74, 6) is 0. The van der Waals surface area contributed by atoms with Crippen LogP contribution in [0.4, 0.5) is 0 Å². The Morgan fingerprint density at radius 2 is 0.961 bits per heavy atom. The zero-order valence-corrected chi connectivity index (χ0v) is 28.2. The topological polar surface area (TPSA) is 62.4 Å². The van der Waals surface area contributed by atoms with E-state index in [1.165, 1.54) is 36.9 Å². The molecule has 1 fully saturated rings. The Labute approximate surface area is 297 Å². The minimum Gasteiger partial charge on any atom is -0.456 e. The van der Waals surface area contributed by atoms with Gasteiger partial charge in [-0.05, 0) is 52.6 Å². The van der Waals surface area contributed by atoms with Gasteiger partial charge in [-0.2, -0.15) is 0 Å². The van der Waals surface area contributed by atoms with Crippen molar-refractivity contribution in [2.45, 2.75) is 18.5 Å². The summed E-state index contributed by atoms with van der Waals surface area (Å²) in [5.41, 5.74) is 9.37. The Kier molecular flexibility index (Phi) is 6.48. The molecule has 5 nitrogen and oxygen atoms in total. The molecule has 51 heavy (non-hydrogen) atoms. The van der Waals surface area contributed by atoms with Gasteiger partial charge in [0.1, 0.15) is 22.3 Å². The molecule has 3 atom stereocenters. The summed E-state index contributed by atoms with van der Waals surface area (Å²) in [6.45, 7) is 0. The molecule has 6 heteroatoms. The lowest BCUT2D eigenvalue weighted by molar-refractivity contribution is 0.203. The van der Waals surface area contributed by atoms with E-state index in [2.05, 4.69) is 155 Å². The van der Waals surface area contributed by atoms with Crippen LogP contribution < -0.4 is 16.0 Å². The standard InChI is InChI=1S/C45H31N3O2S/c1-2-10-26(11-3-1)43-46-44(27-20-22-30-29-12-4-6-17-36(29)49-38(30)24-27)48-45(47-43)28-21-23-35-39(25-28)50-37-18-9-14-32(41(35)37)34-16-8-15-33-31-13-5-7-19-40(31)51-42(33)34/h1-25,43-48H. The maximum atomic E-state index is 6.64. The van der Waals surface area contributed by atoms with Crippen molar-refractivity contribution < 1.29 is 8.83 Å². The minimum atomic E-state index is -0.155. The van der Waals surface area contributed by atoms with E-state index in [4.69, 9.17) is 8.83 Å². The van der Waals surface area contributed by atoms with Gasteiger partial charge in [0.15, 0.2) is 0 Å². The number of para-hydroxylation sites is 1. The van der Waals surface area contributed by atoms with Crippen LogP contribution in [0.1, 0.15) is 35.2 Å². The summed E-state index contributed by atoms with van der Waals surface area (Å²) >= 11 is 1.86. The Morgan fingerprint density at radius 1 is 0.392 bits per heavy atom. The molecule has 3 N–H and O–H groups in total. The highest BCUT2D eigenvalue weighted by Crippen LogP contribution is 2.44. The van der Waals surface area contributed by atoms with Crippen LogP contribution >= 0.6 is 11.3 Å². The van der Waals surface area contributed by atoms with E-state index in [9.17, 15) is 0 Å². The maximum absolute atomic E-state index is 6.64. The first-order valence-electron chi connectivity index (χ1n) is 17.4. The second-order valence-corrected chi connectivity index (χ2v) is 14.4. The van der Waals surface area contributed by atoms with Crippen molar-refractivity contribution in [3.05, 3.63) is 168 Å². The monoisotopic (exact) mass is 677 g/mol. The van der Waals surface area contributed by atoms with Crippen molar-refractivity contribution in [3.8, 4) is 11.1 Å². The van der Waals surface area contributed by atoms with Crippen LogP contribution in [-0.4, -0.2) is 0 Å². The smallest absolute Gasteiger partial charge is 0.136 e. The summed E-state index contributed by atoms with van der Waals surface area (Å²) in [5, 5.41) is 18.6. The van der Waals surface area contributed by atoms with E-state index in [1.54, 1.807) is 0 Å². The number of furan rings is 2. The van der Waals surface area contributed by atoms with Crippen LogP contribution in [-0.2, 0) is 0 Å². The van der Waals surface area contributed by atoms with Gasteiger partial charge in [-0.15, -0.1) is 11.3 Å². The van der Waals surface area contributed by atoms with Gasteiger partial charge in [0.05, 0.1) is 18.5 Å². The zero-order valence-electron chi connectivity index (χ0n) is 27.4. The SMILES string of the molecule is c1ccc(C2NC(c3ccc4c(c3)oc3ccccc34)NC(c3ccc4c(c3)oc3cccc(-c5cccc6c5sc5ccccc56)c34)N2)cc1. The lowest BCUT2D eigenvalue weighted by atomic mass is 9.97. The summed E-state index contributed by atoms with van der Waals surface area (Å²) in [6, 6.07) is 53.7.